The van der Waals surface area contributed by atoms with Gasteiger partial charge in [0.2, 0.25) is 5.91 Å². The number of rotatable bonds is 3. The van der Waals surface area contributed by atoms with Crippen molar-refractivity contribution in [1.29, 1.82) is 0 Å². The number of amides is 1. The quantitative estimate of drug-likeness (QED) is 0.220. The number of nitrogens with one attached hydrogen (secondary N) is 1. The number of benzene rings is 7. The molecule has 1 heterocycles. The van der Waals surface area contributed by atoms with Gasteiger partial charge in [0.15, 0.2) is 0 Å². The van der Waals surface area contributed by atoms with Crippen LogP contribution < -0.4 is 5.32 Å². The second kappa shape index (κ2) is 9.17. The van der Waals surface area contributed by atoms with Crippen LogP contribution in [0.25, 0.3) is 76.5 Å². The molecule has 0 unspecified atom stereocenters. The molecule has 0 fully saturated rings. The molecular weight excluding hydrogens is 526 g/mol. The Morgan fingerprint density at radius 2 is 1.28 bits per heavy atom. The Hall–Kier alpha value is -5.15. The van der Waals surface area contributed by atoms with Crippen molar-refractivity contribution in [3.05, 3.63) is 115 Å². The first-order chi connectivity index (χ1) is 20.8. The van der Waals surface area contributed by atoms with E-state index in [-0.39, 0.29) is 11.3 Å². The van der Waals surface area contributed by atoms with Crippen LogP contribution in [-0.4, -0.2) is 5.91 Å². The van der Waals surface area contributed by atoms with Gasteiger partial charge in [0.1, 0.15) is 11.2 Å². The molecule has 0 bridgehead atoms. The summed E-state index contributed by atoms with van der Waals surface area (Å²) in [5.74, 6) is -0.100. The van der Waals surface area contributed by atoms with Crippen LogP contribution in [0.2, 0.25) is 0 Å². The Labute approximate surface area is 250 Å². The third-order valence-electron chi connectivity index (χ3n) is 8.81. The van der Waals surface area contributed by atoms with E-state index in [9.17, 15) is 4.79 Å². The first kappa shape index (κ1) is 25.6. The van der Waals surface area contributed by atoms with Gasteiger partial charge in [0.25, 0.3) is 0 Å². The number of furan rings is 1. The van der Waals surface area contributed by atoms with E-state index in [1.807, 2.05) is 12.1 Å². The summed E-state index contributed by atoms with van der Waals surface area (Å²) in [5.41, 5.74) is 8.70. The molecule has 1 aromatic heterocycles. The summed E-state index contributed by atoms with van der Waals surface area (Å²) < 4.78 is 6.58. The molecule has 3 heteroatoms. The Bertz CT molecular complexity index is 2350. The monoisotopic (exact) mass is 557 g/mol. The molecule has 43 heavy (non-hydrogen) atoms. The normalized spacial score (nSPS) is 12.3. The number of hydrogen-bond acceptors (Lipinski definition) is 2. The molecule has 0 radical (unpaired) electrons. The molecule has 0 aliphatic heterocycles. The Kier molecular flexibility index (Phi) is 5.45. The first-order valence-electron chi connectivity index (χ1n) is 14.8. The molecule has 0 spiro atoms. The van der Waals surface area contributed by atoms with Crippen molar-refractivity contribution in [2.75, 3.05) is 5.32 Å². The van der Waals surface area contributed by atoms with Crippen molar-refractivity contribution in [1.82, 2.24) is 0 Å². The van der Waals surface area contributed by atoms with E-state index in [1.54, 1.807) is 0 Å². The van der Waals surface area contributed by atoms with E-state index in [2.05, 4.69) is 123 Å². The summed E-state index contributed by atoms with van der Waals surface area (Å²) in [4.78, 5) is 11.7. The van der Waals surface area contributed by atoms with Gasteiger partial charge in [-0.25, -0.2) is 0 Å². The van der Waals surface area contributed by atoms with Crippen LogP contribution >= 0.6 is 0 Å². The summed E-state index contributed by atoms with van der Waals surface area (Å²) in [7, 11) is 0. The minimum Gasteiger partial charge on any atom is -0.455 e. The second-order valence-electron chi connectivity index (χ2n) is 12.7. The van der Waals surface area contributed by atoms with E-state index >= 15 is 0 Å². The second-order valence-corrected chi connectivity index (χ2v) is 12.7. The fourth-order valence-electron chi connectivity index (χ4n) is 6.72. The largest absolute Gasteiger partial charge is 0.455 e. The predicted octanol–water partition coefficient (Wildman–Crippen LogP) is 11.1. The molecule has 208 valence electrons. The van der Waals surface area contributed by atoms with Crippen LogP contribution in [-0.2, 0) is 10.2 Å². The van der Waals surface area contributed by atoms with E-state index in [0.29, 0.717) is 0 Å². The third kappa shape index (κ3) is 3.99. The van der Waals surface area contributed by atoms with E-state index in [1.165, 1.54) is 61.7 Å². The molecule has 7 aromatic carbocycles. The zero-order chi connectivity index (χ0) is 29.5. The molecular formula is C40H31NO2. The molecule has 0 saturated heterocycles. The molecule has 8 rings (SSSR count). The fraction of sp³-hybridized carbons (Fsp3) is 0.125. The summed E-state index contributed by atoms with van der Waals surface area (Å²) in [6, 6.07) is 39.2. The summed E-state index contributed by atoms with van der Waals surface area (Å²) in [6.45, 7) is 8.26. The summed E-state index contributed by atoms with van der Waals surface area (Å²) in [5, 5.41) is 12.2. The van der Waals surface area contributed by atoms with Gasteiger partial charge in [-0.05, 0) is 73.0 Å². The maximum atomic E-state index is 11.7. The zero-order valence-electron chi connectivity index (χ0n) is 24.7. The molecule has 1 amide bonds. The average Bonchev–Trinajstić information content (AvgIpc) is 3.39. The highest BCUT2D eigenvalue weighted by atomic mass is 16.3. The van der Waals surface area contributed by atoms with Crippen LogP contribution in [0.4, 0.5) is 5.69 Å². The Morgan fingerprint density at radius 3 is 2.00 bits per heavy atom. The lowest BCUT2D eigenvalue weighted by molar-refractivity contribution is -0.114. The lowest BCUT2D eigenvalue weighted by Gasteiger charge is -2.19. The Balaban J connectivity index is 1.32. The van der Waals surface area contributed by atoms with Crippen molar-refractivity contribution in [2.24, 2.45) is 0 Å². The van der Waals surface area contributed by atoms with Gasteiger partial charge in [-0.3, -0.25) is 4.79 Å². The van der Waals surface area contributed by atoms with Crippen LogP contribution in [0.3, 0.4) is 0 Å². The van der Waals surface area contributed by atoms with Crippen LogP contribution in [0.5, 0.6) is 0 Å². The van der Waals surface area contributed by atoms with Crippen LogP contribution in [0.1, 0.15) is 33.3 Å². The highest BCUT2D eigenvalue weighted by Gasteiger charge is 2.21. The lowest BCUT2D eigenvalue weighted by atomic mass is 9.86. The SMILES string of the molecule is CC(=O)Nc1ccc2c(c1)oc1c3cccc4c(-c5ccc(-c6ccc(C(C)(C)C)cc6)cc5)cc5cccc(c21)c5c43. The Morgan fingerprint density at radius 1 is 0.628 bits per heavy atom. The molecule has 3 nitrogen and oxygen atoms in total. The summed E-state index contributed by atoms with van der Waals surface area (Å²) >= 11 is 0. The van der Waals surface area contributed by atoms with Gasteiger partial charge in [-0.1, -0.05) is 106 Å². The predicted molar refractivity (Wildman–Crippen MR) is 181 cm³/mol. The number of hydrogen-bond donors (Lipinski definition) is 1. The summed E-state index contributed by atoms with van der Waals surface area (Å²) in [6.07, 6.45) is 0. The molecule has 8 aromatic rings. The maximum Gasteiger partial charge on any atom is 0.221 e. The zero-order valence-corrected chi connectivity index (χ0v) is 24.7. The van der Waals surface area contributed by atoms with Gasteiger partial charge in [0, 0.05) is 40.2 Å². The number of anilines is 1. The number of carbonyl (C=O) groups is 1. The lowest BCUT2D eigenvalue weighted by Crippen LogP contribution is -2.10. The van der Waals surface area contributed by atoms with Crippen molar-refractivity contribution in [3.63, 3.8) is 0 Å². The smallest absolute Gasteiger partial charge is 0.221 e. The molecule has 1 N–H and O–H groups in total. The molecule has 0 aliphatic carbocycles. The molecule has 0 saturated carbocycles. The maximum absolute atomic E-state index is 11.7. The fourth-order valence-corrected chi connectivity index (χ4v) is 6.72. The van der Waals surface area contributed by atoms with Crippen LogP contribution in [0.15, 0.2) is 114 Å². The highest BCUT2D eigenvalue weighted by molar-refractivity contribution is 6.37. The van der Waals surface area contributed by atoms with Gasteiger partial charge in [0.05, 0.1) is 0 Å². The minimum absolute atomic E-state index is 0.100. The van der Waals surface area contributed by atoms with E-state index in [0.717, 1.165) is 33.0 Å². The number of carbonyl (C=O) groups excluding carboxylic acids is 1. The van der Waals surface area contributed by atoms with Gasteiger partial charge >= 0.3 is 0 Å². The van der Waals surface area contributed by atoms with E-state index < -0.39 is 0 Å². The van der Waals surface area contributed by atoms with Crippen LogP contribution in [0, 0.1) is 0 Å². The highest BCUT2D eigenvalue weighted by Crippen LogP contribution is 2.47. The number of fused-ring (bicyclic) bond motifs is 5. The molecule has 0 aliphatic rings. The molecule has 0 atom stereocenters. The standard InChI is InChI=1S/C40H31NO2/c1-23(42)41-29-19-20-31-35(22-29)43-39-33-10-6-8-30-34(21-27-7-5-9-32(38(31)39)36(27)37(30)33)26-13-11-24(12-14-26)25-15-17-28(18-16-25)40(2,3)4/h5-22H,1-4H3,(H,41,42). The van der Waals surface area contributed by atoms with Gasteiger partial charge in [-0.2, -0.15) is 0 Å². The van der Waals surface area contributed by atoms with Crippen molar-refractivity contribution in [2.45, 2.75) is 33.1 Å². The van der Waals surface area contributed by atoms with Crippen molar-refractivity contribution < 1.29 is 9.21 Å². The first-order valence-corrected chi connectivity index (χ1v) is 14.8. The van der Waals surface area contributed by atoms with E-state index in [4.69, 9.17) is 4.42 Å². The third-order valence-corrected chi connectivity index (χ3v) is 8.81. The van der Waals surface area contributed by atoms with Gasteiger partial charge < -0.3 is 9.73 Å². The van der Waals surface area contributed by atoms with Crippen molar-refractivity contribution in [3.8, 4) is 22.3 Å². The van der Waals surface area contributed by atoms with Gasteiger partial charge in [-0.15, -0.1) is 0 Å². The van der Waals surface area contributed by atoms with Crippen molar-refractivity contribution >= 4 is 65.9 Å². The average molecular weight is 558 g/mol. The minimum atomic E-state index is -0.100. The topological polar surface area (TPSA) is 42.2 Å².